The first-order chi connectivity index (χ1) is 33.6. The largest absolute Gasteiger partial charge is 1.00 e. The topological polar surface area (TPSA) is 0 Å². The minimum Gasteiger partial charge on any atom is -0.366 e. The van der Waals surface area contributed by atoms with Crippen molar-refractivity contribution in [3.63, 3.8) is 0 Å². The molecular weight excluding hydrogens is 1070 g/mol. The van der Waals surface area contributed by atoms with Crippen LogP contribution in [0.4, 0.5) is 0 Å². The van der Waals surface area contributed by atoms with Gasteiger partial charge in [0.05, 0.1) is 0 Å². The Balaban J connectivity index is 0.000000137. The molecule has 0 aliphatic rings. The van der Waals surface area contributed by atoms with Crippen molar-refractivity contribution in [2.24, 2.45) is 0 Å². The molecule has 0 nitrogen and oxygen atoms in total. The molecule has 0 fully saturated rings. The number of hydrogen-bond donors (Lipinski definition) is 0. The zero-order valence-corrected chi connectivity index (χ0v) is 42.8. The Morgan fingerprint density at radius 3 is 0.729 bits per heavy atom. The minimum atomic E-state index is -1.14. The molecule has 0 radical (unpaired) electrons. The van der Waals surface area contributed by atoms with E-state index in [1.807, 2.05) is 24.3 Å². The van der Waals surface area contributed by atoms with Crippen molar-refractivity contribution >= 4 is 112 Å². The second kappa shape index (κ2) is 22.0. The zero-order valence-electron chi connectivity index (χ0n) is 37.9. The molecule has 0 saturated carbocycles. The smallest absolute Gasteiger partial charge is 0.366 e. The van der Waals surface area contributed by atoms with Crippen LogP contribution in [-0.4, -0.2) is 0 Å². The van der Waals surface area contributed by atoms with E-state index in [-0.39, 0.29) is 44.8 Å². The van der Waals surface area contributed by atoms with Crippen LogP contribution in [0.1, 0.15) is 11.1 Å². The molecule has 13 rings (SSSR count). The molecule has 0 saturated heterocycles. The number of hydrogen-bond acceptors (Lipinski definition) is 0. The molecular formula is C66H44Ag2P2+2. The molecule has 0 amide bonds. The van der Waals surface area contributed by atoms with E-state index in [0.29, 0.717) is 0 Å². The van der Waals surface area contributed by atoms with Gasteiger partial charge in [0.1, 0.15) is 47.7 Å². The predicted octanol–water partition coefficient (Wildman–Crippen LogP) is 13.7. The van der Waals surface area contributed by atoms with Gasteiger partial charge in [-0.25, -0.2) is 0 Å². The normalized spacial score (nSPS) is 10.9. The summed E-state index contributed by atoms with van der Waals surface area (Å²) in [6.07, 6.45) is 14.6. The fourth-order valence-corrected chi connectivity index (χ4v) is 15.9. The van der Waals surface area contributed by atoms with E-state index in [4.69, 9.17) is 12.8 Å². The molecule has 0 bridgehead atoms. The summed E-state index contributed by atoms with van der Waals surface area (Å²) in [5.41, 5.74) is 1.67. The molecule has 0 spiro atoms. The average molecular weight is 1110 g/mol. The Labute approximate surface area is 444 Å². The molecule has 0 atom stereocenters. The predicted molar refractivity (Wildman–Crippen MR) is 299 cm³/mol. The van der Waals surface area contributed by atoms with Crippen molar-refractivity contribution in [1.29, 1.82) is 0 Å². The molecule has 0 aliphatic heterocycles. The molecule has 338 valence electrons. The maximum atomic E-state index is 7.30. The third-order valence-electron chi connectivity index (χ3n) is 12.9. The number of rotatable bonds is 6. The zero-order chi connectivity index (χ0) is 45.8. The Kier molecular flexibility index (Phi) is 15.2. The summed E-state index contributed by atoms with van der Waals surface area (Å²) >= 11 is 0. The molecule has 4 heteroatoms. The van der Waals surface area contributed by atoms with Gasteiger partial charge in [-0.15, -0.1) is 35.4 Å². The van der Waals surface area contributed by atoms with E-state index in [2.05, 4.69) is 242 Å². The van der Waals surface area contributed by atoms with Crippen LogP contribution in [0.2, 0.25) is 0 Å². The van der Waals surface area contributed by atoms with E-state index in [9.17, 15) is 0 Å². The number of benzene rings is 13. The molecule has 0 aromatic heterocycles. The van der Waals surface area contributed by atoms with Crippen molar-refractivity contribution in [2.75, 3.05) is 0 Å². The fraction of sp³-hybridized carbons (Fsp3) is 0. The first-order valence-corrected chi connectivity index (χ1v) is 25.9. The summed E-state index contributed by atoms with van der Waals surface area (Å²) in [6, 6.07) is 91.5. The van der Waals surface area contributed by atoms with Gasteiger partial charge in [-0.1, -0.05) is 170 Å². The van der Waals surface area contributed by atoms with Gasteiger partial charge in [0, 0.05) is 0 Å². The quantitative estimate of drug-likeness (QED) is 0.0512. The third-order valence-corrected chi connectivity index (χ3v) is 18.8. The minimum absolute atomic E-state index is 0. The van der Waals surface area contributed by atoms with E-state index < -0.39 is 15.8 Å². The SMILES string of the molecule is [Ag+].[Ag+].[C-]#Cc1cc2ccc3cccc4ccc(c1)c2c34.[C-]#Cc1cc2ccc3cccc4ccc(c1)c2c34.c1ccc([PH+](c2ccccc2)c2ccccc2[PH+](c2ccccc2)c2ccccc2)cc1. The summed E-state index contributed by atoms with van der Waals surface area (Å²) in [6.45, 7) is 0. The summed E-state index contributed by atoms with van der Waals surface area (Å²) in [4.78, 5) is 0. The van der Waals surface area contributed by atoms with Crippen molar-refractivity contribution in [1.82, 2.24) is 0 Å². The van der Waals surface area contributed by atoms with Crippen LogP contribution in [0.25, 0.3) is 64.6 Å². The first kappa shape index (κ1) is 48.4. The average Bonchev–Trinajstić information content (AvgIpc) is 3.41. The Morgan fingerprint density at radius 1 is 0.243 bits per heavy atom. The maximum Gasteiger partial charge on any atom is 1.00 e. The van der Waals surface area contributed by atoms with Gasteiger partial charge < -0.3 is 12.8 Å². The Hall–Kier alpha value is -6.60. The van der Waals surface area contributed by atoms with Crippen molar-refractivity contribution in [3.05, 3.63) is 279 Å². The monoisotopic (exact) mass is 1110 g/mol. The van der Waals surface area contributed by atoms with Crippen molar-refractivity contribution in [3.8, 4) is 11.8 Å². The summed E-state index contributed by atoms with van der Waals surface area (Å²) in [5.74, 6) is 4.96. The van der Waals surface area contributed by atoms with Gasteiger partial charge in [-0.05, 0) is 125 Å². The van der Waals surface area contributed by atoms with Crippen LogP contribution >= 0.6 is 15.8 Å². The van der Waals surface area contributed by atoms with Crippen LogP contribution in [0.3, 0.4) is 0 Å². The van der Waals surface area contributed by atoms with Crippen LogP contribution in [-0.2, 0) is 44.8 Å². The van der Waals surface area contributed by atoms with E-state index in [1.165, 1.54) is 96.5 Å². The second-order valence-corrected chi connectivity index (χ2v) is 21.9. The van der Waals surface area contributed by atoms with E-state index in [0.717, 1.165) is 11.1 Å². The molecule has 0 aliphatic carbocycles. The first-order valence-electron chi connectivity index (χ1n) is 22.9. The molecule has 13 aromatic rings. The van der Waals surface area contributed by atoms with Gasteiger partial charge in [0.2, 0.25) is 0 Å². The van der Waals surface area contributed by atoms with Crippen molar-refractivity contribution in [2.45, 2.75) is 0 Å². The molecule has 0 N–H and O–H groups in total. The summed E-state index contributed by atoms with van der Waals surface area (Å²) in [7, 11) is -2.28. The van der Waals surface area contributed by atoms with Gasteiger partial charge in [-0.3, -0.25) is 11.8 Å². The molecule has 13 aromatic carbocycles. The summed E-state index contributed by atoms with van der Waals surface area (Å²) < 4.78 is 0. The van der Waals surface area contributed by atoms with Crippen LogP contribution in [0, 0.1) is 24.7 Å². The van der Waals surface area contributed by atoms with Gasteiger partial charge in [0.15, 0.2) is 0 Å². The molecule has 70 heavy (non-hydrogen) atoms. The summed E-state index contributed by atoms with van der Waals surface area (Å²) in [5, 5.41) is 23.8. The van der Waals surface area contributed by atoms with Gasteiger partial charge >= 0.3 is 44.8 Å². The maximum absolute atomic E-state index is 7.30. The van der Waals surface area contributed by atoms with Crippen LogP contribution in [0.15, 0.2) is 255 Å². The fourth-order valence-electron chi connectivity index (χ4n) is 9.95. The van der Waals surface area contributed by atoms with E-state index in [1.54, 1.807) is 0 Å². The third kappa shape index (κ3) is 9.64. The molecule has 0 unspecified atom stereocenters. The van der Waals surface area contributed by atoms with Crippen molar-refractivity contribution < 1.29 is 44.8 Å². The van der Waals surface area contributed by atoms with Crippen LogP contribution < -0.4 is 31.8 Å². The van der Waals surface area contributed by atoms with Gasteiger partial charge in [0.25, 0.3) is 0 Å². The Morgan fingerprint density at radius 2 is 0.471 bits per heavy atom. The molecule has 0 heterocycles. The standard InChI is InChI=1S/C30H24P2.2C18H9.2Ag/c1-5-15-25(16-6-1)31(26-17-7-2-8-18-26)29-23-13-14-24-30(29)32(27-19-9-3-10-20-27)28-21-11-4-12-22-28;2*1-2-12-10-15-8-6-13-4-3-5-14-7-9-16(11-12)18(15)17(13)14;;/h1-24H;2*3-11H;;/q;2*-1;2*+1/p+2. The van der Waals surface area contributed by atoms with Crippen LogP contribution in [0.5, 0.6) is 0 Å². The Bertz CT molecular complexity index is 3470. The van der Waals surface area contributed by atoms with E-state index >= 15 is 0 Å². The second-order valence-electron chi connectivity index (χ2n) is 17.0. The van der Waals surface area contributed by atoms with Gasteiger partial charge in [-0.2, -0.15) is 0 Å².